The summed E-state index contributed by atoms with van der Waals surface area (Å²) in [5, 5.41) is 0. The van der Waals surface area contributed by atoms with Crippen LogP contribution in [0.2, 0.25) is 0 Å². The maximum atomic E-state index is 5.25. The van der Waals surface area contributed by atoms with Gasteiger partial charge in [-0.25, -0.2) is 0 Å². The van der Waals surface area contributed by atoms with Crippen LogP contribution in [0, 0.1) is 0 Å². The summed E-state index contributed by atoms with van der Waals surface area (Å²) >= 11 is 3.49. The fourth-order valence-corrected chi connectivity index (χ4v) is 2.16. The molecule has 0 aliphatic heterocycles. The lowest BCUT2D eigenvalue weighted by Gasteiger charge is -2.14. The Morgan fingerprint density at radius 3 is 2.77 bits per heavy atom. The van der Waals surface area contributed by atoms with Gasteiger partial charge in [0, 0.05) is 17.0 Å². The molecule has 1 fully saturated rings. The lowest BCUT2D eigenvalue weighted by molar-refractivity contribution is 0.171. The van der Waals surface area contributed by atoms with Crippen LogP contribution in [0.1, 0.15) is 18.4 Å². The number of rotatable bonds is 3. The zero-order chi connectivity index (χ0) is 9.31. The first-order chi connectivity index (χ1) is 6.27. The van der Waals surface area contributed by atoms with Crippen molar-refractivity contribution in [3.05, 3.63) is 34.3 Å². The Bertz CT molecular complexity index is 305. The Kier molecular flexibility index (Phi) is 2.43. The zero-order valence-corrected chi connectivity index (χ0v) is 9.30. The molecule has 0 spiro atoms. The van der Waals surface area contributed by atoms with Crippen LogP contribution in [-0.4, -0.2) is 13.7 Å². The topological polar surface area (TPSA) is 9.23 Å². The van der Waals surface area contributed by atoms with E-state index in [0.717, 1.165) is 11.1 Å². The number of methoxy groups -OCH3 is 1. The second-order valence-corrected chi connectivity index (χ2v) is 4.64. The molecule has 0 radical (unpaired) electrons. The first-order valence-electron chi connectivity index (χ1n) is 4.52. The summed E-state index contributed by atoms with van der Waals surface area (Å²) in [5.41, 5.74) is 1.74. The van der Waals surface area contributed by atoms with Gasteiger partial charge in [0.2, 0.25) is 0 Å². The van der Waals surface area contributed by atoms with Crippen molar-refractivity contribution in [2.24, 2.45) is 0 Å². The van der Waals surface area contributed by atoms with Crippen molar-refractivity contribution in [1.82, 2.24) is 0 Å². The predicted molar refractivity (Wildman–Crippen MR) is 56.9 cm³/mol. The molecule has 0 amide bonds. The molecule has 1 aromatic carbocycles. The second-order valence-electron chi connectivity index (χ2n) is 3.72. The minimum Gasteiger partial charge on any atom is -0.384 e. The Morgan fingerprint density at radius 2 is 2.23 bits per heavy atom. The molecule has 0 aromatic heterocycles. The van der Waals surface area contributed by atoms with E-state index in [9.17, 15) is 0 Å². The van der Waals surface area contributed by atoms with Crippen molar-refractivity contribution in [2.75, 3.05) is 13.7 Å². The van der Waals surface area contributed by atoms with Crippen LogP contribution in [0.4, 0.5) is 0 Å². The van der Waals surface area contributed by atoms with E-state index in [1.54, 1.807) is 7.11 Å². The Morgan fingerprint density at radius 1 is 1.46 bits per heavy atom. The molecule has 0 heterocycles. The molecule has 1 aliphatic rings. The van der Waals surface area contributed by atoms with E-state index in [0.29, 0.717) is 5.41 Å². The van der Waals surface area contributed by atoms with Gasteiger partial charge < -0.3 is 4.74 Å². The third kappa shape index (κ3) is 1.79. The minimum atomic E-state index is 0.332. The van der Waals surface area contributed by atoms with E-state index in [4.69, 9.17) is 4.74 Å². The molecule has 1 saturated carbocycles. The maximum Gasteiger partial charge on any atom is 0.0559 e. The molecule has 0 atom stereocenters. The first kappa shape index (κ1) is 9.22. The van der Waals surface area contributed by atoms with Gasteiger partial charge in [0.15, 0.2) is 0 Å². The number of benzene rings is 1. The quantitative estimate of drug-likeness (QED) is 0.789. The highest BCUT2D eigenvalue weighted by Crippen LogP contribution is 2.48. The first-order valence-corrected chi connectivity index (χ1v) is 5.31. The van der Waals surface area contributed by atoms with E-state index >= 15 is 0 Å². The van der Waals surface area contributed by atoms with E-state index in [2.05, 4.69) is 40.2 Å². The molecule has 0 N–H and O–H groups in total. The van der Waals surface area contributed by atoms with Crippen molar-refractivity contribution in [2.45, 2.75) is 18.3 Å². The number of halogens is 1. The van der Waals surface area contributed by atoms with Crippen molar-refractivity contribution >= 4 is 15.9 Å². The summed E-state index contributed by atoms with van der Waals surface area (Å²) < 4.78 is 6.41. The molecule has 2 heteroatoms. The fourth-order valence-electron chi connectivity index (χ4n) is 1.76. The summed E-state index contributed by atoms with van der Waals surface area (Å²) in [5.74, 6) is 0. The van der Waals surface area contributed by atoms with Gasteiger partial charge in [-0.2, -0.15) is 0 Å². The summed E-state index contributed by atoms with van der Waals surface area (Å²) in [6.07, 6.45) is 2.52. The minimum absolute atomic E-state index is 0.332. The third-order valence-corrected chi connectivity index (χ3v) is 3.20. The van der Waals surface area contributed by atoms with Crippen LogP contribution in [-0.2, 0) is 10.2 Å². The van der Waals surface area contributed by atoms with Crippen LogP contribution >= 0.6 is 15.9 Å². The fraction of sp³-hybridized carbons (Fsp3) is 0.455. The predicted octanol–water partition coefficient (Wildman–Crippen LogP) is 3.13. The highest BCUT2D eigenvalue weighted by molar-refractivity contribution is 9.10. The normalized spacial score (nSPS) is 18.6. The lowest BCUT2D eigenvalue weighted by atomic mass is 9.97. The molecule has 1 aromatic rings. The third-order valence-electron chi connectivity index (χ3n) is 2.71. The van der Waals surface area contributed by atoms with Crippen LogP contribution in [0.5, 0.6) is 0 Å². The highest BCUT2D eigenvalue weighted by Gasteiger charge is 2.44. The molecule has 70 valence electrons. The smallest absolute Gasteiger partial charge is 0.0559 e. The number of hydrogen-bond acceptors (Lipinski definition) is 1. The van der Waals surface area contributed by atoms with E-state index in [1.165, 1.54) is 18.4 Å². The van der Waals surface area contributed by atoms with Gasteiger partial charge in [0.25, 0.3) is 0 Å². The Balaban J connectivity index is 2.25. The molecule has 13 heavy (non-hydrogen) atoms. The van der Waals surface area contributed by atoms with Crippen LogP contribution in [0.25, 0.3) is 0 Å². The molecule has 1 aliphatic carbocycles. The van der Waals surface area contributed by atoms with Gasteiger partial charge in [-0.3, -0.25) is 0 Å². The molecular formula is C11H13BrO. The number of hydrogen-bond donors (Lipinski definition) is 0. The highest BCUT2D eigenvalue weighted by atomic mass is 79.9. The largest absolute Gasteiger partial charge is 0.384 e. The molecule has 0 saturated heterocycles. The van der Waals surface area contributed by atoms with Crippen molar-refractivity contribution < 1.29 is 4.74 Å². The van der Waals surface area contributed by atoms with Gasteiger partial charge in [-0.15, -0.1) is 0 Å². The van der Waals surface area contributed by atoms with Gasteiger partial charge in [-0.1, -0.05) is 28.1 Å². The molecule has 2 rings (SSSR count). The summed E-state index contributed by atoms with van der Waals surface area (Å²) in [6, 6.07) is 8.55. The van der Waals surface area contributed by atoms with Gasteiger partial charge >= 0.3 is 0 Å². The monoisotopic (exact) mass is 240 g/mol. The average molecular weight is 241 g/mol. The molecule has 0 bridgehead atoms. The van der Waals surface area contributed by atoms with Gasteiger partial charge in [0.1, 0.15) is 0 Å². The van der Waals surface area contributed by atoms with Gasteiger partial charge in [-0.05, 0) is 30.5 Å². The molecule has 1 nitrogen and oxygen atoms in total. The summed E-state index contributed by atoms with van der Waals surface area (Å²) in [6.45, 7) is 0.851. The summed E-state index contributed by atoms with van der Waals surface area (Å²) in [7, 11) is 1.78. The Labute approximate surface area is 87.2 Å². The van der Waals surface area contributed by atoms with E-state index in [-0.39, 0.29) is 0 Å². The van der Waals surface area contributed by atoms with E-state index < -0.39 is 0 Å². The standard InChI is InChI=1S/C11H13BrO/c1-13-8-11(5-6-11)9-3-2-4-10(12)7-9/h2-4,7H,5-6,8H2,1H3. The average Bonchev–Trinajstić information content (AvgIpc) is 2.86. The summed E-state index contributed by atoms with van der Waals surface area (Å²) in [4.78, 5) is 0. The van der Waals surface area contributed by atoms with Crippen LogP contribution < -0.4 is 0 Å². The van der Waals surface area contributed by atoms with Crippen molar-refractivity contribution in [3.8, 4) is 0 Å². The van der Waals surface area contributed by atoms with Crippen LogP contribution in [0.3, 0.4) is 0 Å². The second kappa shape index (κ2) is 3.43. The van der Waals surface area contributed by atoms with Crippen LogP contribution in [0.15, 0.2) is 28.7 Å². The maximum absolute atomic E-state index is 5.25. The Hall–Kier alpha value is -0.340. The molecule has 0 unspecified atom stereocenters. The number of ether oxygens (including phenoxy) is 1. The van der Waals surface area contributed by atoms with Crippen molar-refractivity contribution in [3.63, 3.8) is 0 Å². The lowest BCUT2D eigenvalue weighted by Crippen LogP contribution is -2.13. The van der Waals surface area contributed by atoms with E-state index in [1.807, 2.05) is 0 Å². The van der Waals surface area contributed by atoms with Gasteiger partial charge in [0.05, 0.1) is 6.61 Å². The SMILES string of the molecule is COCC1(c2cccc(Br)c2)CC1. The van der Waals surface area contributed by atoms with Crippen molar-refractivity contribution in [1.29, 1.82) is 0 Å². The zero-order valence-electron chi connectivity index (χ0n) is 7.72. The molecular weight excluding hydrogens is 228 g/mol.